The standard InChI is InChI=1S/C18H17F3O2/c1-17(2)10-15(14-7-6-13(22)9-16(14)23-17)11-4-3-5-12(8-11)18(19,20)21/h3-9,15,22H,10H2,1-2H3. The first kappa shape index (κ1) is 15.7. The van der Waals surface area contributed by atoms with Gasteiger partial charge in [0.05, 0.1) is 5.56 Å². The first-order valence-corrected chi connectivity index (χ1v) is 7.35. The summed E-state index contributed by atoms with van der Waals surface area (Å²) in [6.45, 7) is 3.78. The highest BCUT2D eigenvalue weighted by atomic mass is 19.4. The van der Waals surface area contributed by atoms with Crippen LogP contribution in [-0.2, 0) is 6.18 Å². The molecule has 1 aliphatic rings. The summed E-state index contributed by atoms with van der Waals surface area (Å²) >= 11 is 0. The van der Waals surface area contributed by atoms with Gasteiger partial charge in [-0.05, 0) is 38.0 Å². The number of fused-ring (bicyclic) bond motifs is 1. The van der Waals surface area contributed by atoms with Crippen molar-refractivity contribution in [3.63, 3.8) is 0 Å². The van der Waals surface area contributed by atoms with Gasteiger partial charge in [0.25, 0.3) is 0 Å². The Balaban J connectivity index is 2.10. The average Bonchev–Trinajstić information content (AvgIpc) is 2.44. The Bertz CT molecular complexity index is 735. The molecule has 1 unspecified atom stereocenters. The van der Waals surface area contributed by atoms with Gasteiger partial charge in [0.15, 0.2) is 0 Å². The molecular formula is C18H17F3O2. The summed E-state index contributed by atoms with van der Waals surface area (Å²) in [7, 11) is 0. The number of benzene rings is 2. The number of halogens is 3. The van der Waals surface area contributed by atoms with Gasteiger partial charge in [0.1, 0.15) is 17.1 Å². The van der Waals surface area contributed by atoms with Crippen LogP contribution in [0.15, 0.2) is 42.5 Å². The number of alkyl halides is 3. The fourth-order valence-electron chi connectivity index (χ4n) is 3.07. The molecule has 0 bridgehead atoms. The highest BCUT2D eigenvalue weighted by Gasteiger charge is 2.36. The molecule has 122 valence electrons. The summed E-state index contributed by atoms with van der Waals surface area (Å²) in [6.07, 6.45) is -3.80. The predicted molar refractivity (Wildman–Crippen MR) is 80.7 cm³/mol. The molecule has 2 aromatic rings. The van der Waals surface area contributed by atoms with Crippen LogP contribution in [0.4, 0.5) is 13.2 Å². The fraction of sp³-hybridized carbons (Fsp3) is 0.333. The van der Waals surface area contributed by atoms with E-state index in [0.717, 1.165) is 11.6 Å². The largest absolute Gasteiger partial charge is 0.508 e. The maximum Gasteiger partial charge on any atom is 0.416 e. The van der Waals surface area contributed by atoms with Crippen molar-refractivity contribution in [3.8, 4) is 11.5 Å². The van der Waals surface area contributed by atoms with Crippen LogP contribution in [0.1, 0.15) is 42.9 Å². The minimum Gasteiger partial charge on any atom is -0.508 e. The fourth-order valence-corrected chi connectivity index (χ4v) is 3.07. The lowest BCUT2D eigenvalue weighted by molar-refractivity contribution is -0.137. The third kappa shape index (κ3) is 3.14. The van der Waals surface area contributed by atoms with E-state index in [-0.39, 0.29) is 11.7 Å². The minimum atomic E-state index is -4.37. The zero-order valence-electron chi connectivity index (χ0n) is 12.8. The van der Waals surface area contributed by atoms with Gasteiger partial charge >= 0.3 is 6.18 Å². The maximum atomic E-state index is 13.0. The predicted octanol–water partition coefficient (Wildman–Crippen LogP) is 5.10. The Kier molecular flexibility index (Phi) is 3.54. The van der Waals surface area contributed by atoms with E-state index in [0.29, 0.717) is 17.7 Å². The van der Waals surface area contributed by atoms with Crippen molar-refractivity contribution in [3.05, 3.63) is 59.2 Å². The molecule has 23 heavy (non-hydrogen) atoms. The monoisotopic (exact) mass is 322 g/mol. The highest BCUT2D eigenvalue weighted by molar-refractivity contribution is 5.48. The number of ether oxygens (including phenoxy) is 1. The molecule has 0 amide bonds. The smallest absolute Gasteiger partial charge is 0.416 e. The third-order valence-electron chi connectivity index (χ3n) is 4.07. The first-order chi connectivity index (χ1) is 10.7. The SMILES string of the molecule is CC1(C)CC(c2cccc(C(F)(F)F)c2)c2ccc(O)cc2O1. The summed E-state index contributed by atoms with van der Waals surface area (Å²) in [5.41, 5.74) is 0.212. The van der Waals surface area contributed by atoms with Crippen molar-refractivity contribution in [1.29, 1.82) is 0 Å². The number of aromatic hydroxyl groups is 1. The van der Waals surface area contributed by atoms with Crippen molar-refractivity contribution in [1.82, 2.24) is 0 Å². The number of hydrogen-bond donors (Lipinski definition) is 1. The van der Waals surface area contributed by atoms with Gasteiger partial charge in [-0.3, -0.25) is 0 Å². The second-order valence-electron chi connectivity index (χ2n) is 6.46. The van der Waals surface area contributed by atoms with E-state index in [1.54, 1.807) is 12.1 Å². The molecular weight excluding hydrogens is 305 g/mol. The lowest BCUT2D eigenvalue weighted by atomic mass is 9.79. The lowest BCUT2D eigenvalue weighted by Crippen LogP contribution is -2.35. The molecule has 1 heterocycles. The van der Waals surface area contributed by atoms with Gasteiger partial charge in [0.2, 0.25) is 0 Å². The molecule has 1 N–H and O–H groups in total. The van der Waals surface area contributed by atoms with E-state index < -0.39 is 17.3 Å². The molecule has 0 aromatic heterocycles. The van der Waals surface area contributed by atoms with Gasteiger partial charge < -0.3 is 9.84 Å². The molecule has 2 nitrogen and oxygen atoms in total. The van der Waals surface area contributed by atoms with Crippen LogP contribution in [0.5, 0.6) is 11.5 Å². The Morgan fingerprint density at radius 3 is 2.57 bits per heavy atom. The molecule has 2 aromatic carbocycles. The second kappa shape index (κ2) is 5.18. The van der Waals surface area contributed by atoms with Crippen molar-refractivity contribution >= 4 is 0 Å². The van der Waals surface area contributed by atoms with E-state index >= 15 is 0 Å². The van der Waals surface area contributed by atoms with Crippen LogP contribution in [0.3, 0.4) is 0 Å². The van der Waals surface area contributed by atoms with Gasteiger partial charge in [-0.25, -0.2) is 0 Å². The molecule has 0 saturated heterocycles. The molecule has 0 radical (unpaired) electrons. The lowest BCUT2D eigenvalue weighted by Gasteiger charge is -2.38. The van der Waals surface area contributed by atoms with Gasteiger partial charge in [0, 0.05) is 17.5 Å². The Morgan fingerprint density at radius 2 is 1.87 bits per heavy atom. The highest BCUT2D eigenvalue weighted by Crippen LogP contribution is 2.46. The number of phenolic OH excluding ortho intramolecular Hbond substituents is 1. The summed E-state index contributed by atoms with van der Waals surface area (Å²) in [5, 5.41) is 9.64. The molecule has 3 rings (SSSR count). The van der Waals surface area contributed by atoms with E-state index in [1.165, 1.54) is 24.3 Å². The Labute approximate surface area is 132 Å². The van der Waals surface area contributed by atoms with Gasteiger partial charge in [-0.15, -0.1) is 0 Å². The summed E-state index contributed by atoms with van der Waals surface area (Å²) < 4.78 is 44.8. The van der Waals surface area contributed by atoms with E-state index in [4.69, 9.17) is 4.74 Å². The topological polar surface area (TPSA) is 29.5 Å². The second-order valence-corrected chi connectivity index (χ2v) is 6.46. The molecule has 0 aliphatic carbocycles. The molecule has 0 spiro atoms. The normalized spacial score (nSPS) is 19.8. The molecule has 0 fully saturated rings. The molecule has 1 atom stereocenters. The third-order valence-corrected chi connectivity index (χ3v) is 4.07. The van der Waals surface area contributed by atoms with Crippen LogP contribution >= 0.6 is 0 Å². The van der Waals surface area contributed by atoms with Crippen molar-refractivity contribution in [2.45, 2.75) is 38.0 Å². The first-order valence-electron chi connectivity index (χ1n) is 7.35. The van der Waals surface area contributed by atoms with Crippen LogP contribution in [-0.4, -0.2) is 10.7 Å². The van der Waals surface area contributed by atoms with Crippen molar-refractivity contribution in [2.24, 2.45) is 0 Å². The van der Waals surface area contributed by atoms with Crippen LogP contribution in [0.2, 0.25) is 0 Å². The van der Waals surface area contributed by atoms with Crippen LogP contribution in [0.25, 0.3) is 0 Å². The average molecular weight is 322 g/mol. The summed E-state index contributed by atoms with van der Waals surface area (Å²) in [6, 6.07) is 10.2. The minimum absolute atomic E-state index is 0.0734. The van der Waals surface area contributed by atoms with E-state index in [9.17, 15) is 18.3 Å². The van der Waals surface area contributed by atoms with Gasteiger partial charge in [-0.2, -0.15) is 13.2 Å². The molecule has 1 aliphatic heterocycles. The number of phenols is 1. The summed E-state index contributed by atoms with van der Waals surface area (Å²) in [4.78, 5) is 0. The maximum absolute atomic E-state index is 13.0. The molecule has 0 saturated carbocycles. The number of rotatable bonds is 1. The zero-order chi connectivity index (χ0) is 16.8. The van der Waals surface area contributed by atoms with E-state index in [2.05, 4.69) is 0 Å². The zero-order valence-corrected chi connectivity index (χ0v) is 12.8. The van der Waals surface area contributed by atoms with E-state index in [1.807, 2.05) is 13.8 Å². The Morgan fingerprint density at radius 1 is 1.13 bits per heavy atom. The van der Waals surface area contributed by atoms with Gasteiger partial charge in [-0.1, -0.05) is 24.3 Å². The van der Waals surface area contributed by atoms with Crippen LogP contribution in [0, 0.1) is 0 Å². The van der Waals surface area contributed by atoms with Crippen LogP contribution < -0.4 is 4.74 Å². The van der Waals surface area contributed by atoms with Crippen molar-refractivity contribution in [2.75, 3.05) is 0 Å². The van der Waals surface area contributed by atoms with Crippen molar-refractivity contribution < 1.29 is 23.0 Å². The Hall–Kier alpha value is -2.17. The quantitative estimate of drug-likeness (QED) is 0.791. The molecule has 5 heteroatoms. The summed E-state index contributed by atoms with van der Waals surface area (Å²) in [5.74, 6) is 0.379. The number of hydrogen-bond acceptors (Lipinski definition) is 2.